The highest BCUT2D eigenvalue weighted by Crippen LogP contribution is 2.24. The van der Waals surface area contributed by atoms with Crippen LogP contribution in [0.2, 0.25) is 0 Å². The molecule has 0 saturated heterocycles. The second-order valence-corrected chi connectivity index (χ2v) is 4.58. The van der Waals surface area contributed by atoms with Crippen LogP contribution in [-0.4, -0.2) is 12.4 Å². The number of ether oxygens (including phenoxy) is 1. The Morgan fingerprint density at radius 3 is 2.15 bits per heavy atom. The van der Waals surface area contributed by atoms with Gasteiger partial charge in [-0.05, 0) is 0 Å². The molecular formula is C11H20O2. The number of hydrogen-bond donors (Lipinski definition) is 0. The van der Waals surface area contributed by atoms with E-state index in [4.69, 9.17) is 4.74 Å². The number of Topliss-reactive ketones (excluding diaryl/α,β-unsaturated/α-hetero) is 1. The van der Waals surface area contributed by atoms with E-state index in [1.54, 1.807) is 0 Å². The zero-order valence-electron chi connectivity index (χ0n) is 9.31. The fourth-order valence-electron chi connectivity index (χ4n) is 0.541. The summed E-state index contributed by atoms with van der Waals surface area (Å²) in [6.45, 7) is 13.7. The van der Waals surface area contributed by atoms with Crippen LogP contribution < -0.4 is 0 Å². The van der Waals surface area contributed by atoms with Crippen LogP contribution in [-0.2, 0) is 9.53 Å². The van der Waals surface area contributed by atoms with Crippen LogP contribution in [0.15, 0.2) is 12.3 Å². The van der Waals surface area contributed by atoms with Gasteiger partial charge in [-0.1, -0.05) is 41.2 Å². The van der Waals surface area contributed by atoms with Gasteiger partial charge in [-0.25, -0.2) is 0 Å². The summed E-state index contributed by atoms with van der Waals surface area (Å²) in [6.07, 6.45) is 0. The standard InChI is InChI=1S/C11H20O2/c1-8(2)10(12)7-13-9(3)11(4,5)6/h8H,3,7H2,1-2,4-6H3. The molecule has 13 heavy (non-hydrogen) atoms. The molecule has 0 spiro atoms. The Bertz CT molecular complexity index is 197. The Hall–Kier alpha value is -0.790. The molecule has 0 amide bonds. The third-order valence-corrected chi connectivity index (χ3v) is 1.87. The van der Waals surface area contributed by atoms with E-state index >= 15 is 0 Å². The van der Waals surface area contributed by atoms with Crippen LogP contribution in [0.1, 0.15) is 34.6 Å². The van der Waals surface area contributed by atoms with Gasteiger partial charge < -0.3 is 4.74 Å². The quantitative estimate of drug-likeness (QED) is 0.628. The molecule has 0 heterocycles. The molecule has 2 nitrogen and oxygen atoms in total. The summed E-state index contributed by atoms with van der Waals surface area (Å²) in [6, 6.07) is 0. The zero-order chi connectivity index (χ0) is 10.6. The normalized spacial score (nSPS) is 11.5. The van der Waals surface area contributed by atoms with Gasteiger partial charge in [0.15, 0.2) is 5.78 Å². The van der Waals surface area contributed by atoms with Gasteiger partial charge in [0.2, 0.25) is 0 Å². The summed E-state index contributed by atoms with van der Waals surface area (Å²) in [4.78, 5) is 11.2. The highest BCUT2D eigenvalue weighted by Gasteiger charge is 2.18. The van der Waals surface area contributed by atoms with E-state index in [-0.39, 0.29) is 23.7 Å². The van der Waals surface area contributed by atoms with Gasteiger partial charge in [0.1, 0.15) is 6.61 Å². The van der Waals surface area contributed by atoms with E-state index in [2.05, 4.69) is 6.58 Å². The molecule has 0 saturated carbocycles. The van der Waals surface area contributed by atoms with Crippen molar-refractivity contribution < 1.29 is 9.53 Å². The Kier molecular flexibility index (Phi) is 4.18. The first-order valence-corrected chi connectivity index (χ1v) is 4.60. The van der Waals surface area contributed by atoms with E-state index in [1.807, 2.05) is 34.6 Å². The van der Waals surface area contributed by atoms with E-state index < -0.39 is 0 Å². The molecule has 0 radical (unpaired) electrons. The van der Waals surface area contributed by atoms with Crippen molar-refractivity contribution in [2.45, 2.75) is 34.6 Å². The molecule has 0 atom stereocenters. The van der Waals surface area contributed by atoms with Crippen molar-refractivity contribution >= 4 is 5.78 Å². The monoisotopic (exact) mass is 184 g/mol. The molecule has 0 fully saturated rings. The molecule has 0 aliphatic carbocycles. The number of hydrogen-bond acceptors (Lipinski definition) is 2. The maximum atomic E-state index is 11.2. The molecule has 0 aromatic rings. The van der Waals surface area contributed by atoms with Crippen molar-refractivity contribution in [3.8, 4) is 0 Å². The van der Waals surface area contributed by atoms with Crippen LogP contribution in [0.25, 0.3) is 0 Å². The largest absolute Gasteiger partial charge is 0.490 e. The molecule has 76 valence electrons. The third-order valence-electron chi connectivity index (χ3n) is 1.87. The average molecular weight is 184 g/mol. The first-order chi connectivity index (χ1) is 5.75. The number of ketones is 1. The maximum Gasteiger partial charge on any atom is 0.172 e. The first kappa shape index (κ1) is 12.2. The average Bonchev–Trinajstić information content (AvgIpc) is 1.97. The predicted molar refractivity (Wildman–Crippen MR) is 54.4 cm³/mol. The second kappa shape index (κ2) is 4.45. The molecule has 0 N–H and O–H groups in total. The van der Waals surface area contributed by atoms with Gasteiger partial charge in [-0.3, -0.25) is 4.79 Å². The van der Waals surface area contributed by atoms with Crippen LogP contribution >= 0.6 is 0 Å². The lowest BCUT2D eigenvalue weighted by atomic mass is 9.95. The van der Waals surface area contributed by atoms with Crippen molar-refractivity contribution in [1.82, 2.24) is 0 Å². The zero-order valence-corrected chi connectivity index (χ0v) is 9.31. The van der Waals surface area contributed by atoms with E-state index in [9.17, 15) is 4.79 Å². The number of carbonyl (C=O) groups is 1. The van der Waals surface area contributed by atoms with Crippen LogP contribution in [0.3, 0.4) is 0 Å². The molecular weight excluding hydrogens is 164 g/mol. The summed E-state index contributed by atoms with van der Waals surface area (Å²) < 4.78 is 5.29. The molecule has 0 unspecified atom stereocenters. The lowest BCUT2D eigenvalue weighted by molar-refractivity contribution is -0.125. The summed E-state index contributed by atoms with van der Waals surface area (Å²) in [7, 11) is 0. The van der Waals surface area contributed by atoms with E-state index in [0.29, 0.717) is 5.76 Å². The minimum absolute atomic E-state index is 0.0350. The van der Waals surface area contributed by atoms with Gasteiger partial charge in [-0.15, -0.1) is 0 Å². The first-order valence-electron chi connectivity index (χ1n) is 4.60. The summed E-state index contributed by atoms with van der Waals surface area (Å²) in [5, 5.41) is 0. The Morgan fingerprint density at radius 1 is 1.38 bits per heavy atom. The fourth-order valence-corrected chi connectivity index (χ4v) is 0.541. The Balaban J connectivity index is 3.92. The number of allylic oxidation sites excluding steroid dienone is 1. The van der Waals surface area contributed by atoms with Gasteiger partial charge >= 0.3 is 0 Å². The molecule has 0 aliphatic rings. The second-order valence-electron chi connectivity index (χ2n) is 4.58. The van der Waals surface area contributed by atoms with Gasteiger partial charge in [-0.2, -0.15) is 0 Å². The number of carbonyl (C=O) groups excluding carboxylic acids is 1. The summed E-state index contributed by atoms with van der Waals surface area (Å²) in [5.74, 6) is 0.819. The van der Waals surface area contributed by atoms with Crippen molar-refractivity contribution in [2.24, 2.45) is 11.3 Å². The fraction of sp³-hybridized carbons (Fsp3) is 0.727. The molecule has 2 heteroatoms. The summed E-state index contributed by atoms with van der Waals surface area (Å²) >= 11 is 0. The Labute approximate surface area is 81.0 Å². The highest BCUT2D eigenvalue weighted by atomic mass is 16.5. The lowest BCUT2D eigenvalue weighted by Gasteiger charge is -2.21. The molecule has 0 aliphatic heterocycles. The van der Waals surface area contributed by atoms with Gasteiger partial charge in [0.25, 0.3) is 0 Å². The SMILES string of the molecule is C=C(OCC(=O)C(C)C)C(C)(C)C. The van der Waals surface area contributed by atoms with Gasteiger partial charge in [0, 0.05) is 11.3 Å². The smallest absolute Gasteiger partial charge is 0.172 e. The molecule has 0 aromatic heterocycles. The minimum atomic E-state index is -0.0861. The van der Waals surface area contributed by atoms with E-state index in [1.165, 1.54) is 0 Å². The van der Waals surface area contributed by atoms with Crippen LogP contribution in [0, 0.1) is 11.3 Å². The van der Waals surface area contributed by atoms with E-state index in [0.717, 1.165) is 0 Å². The van der Waals surface area contributed by atoms with Crippen molar-refractivity contribution in [3.63, 3.8) is 0 Å². The minimum Gasteiger partial charge on any atom is -0.490 e. The number of rotatable bonds is 4. The Morgan fingerprint density at radius 2 is 1.85 bits per heavy atom. The maximum absolute atomic E-state index is 11.2. The third kappa shape index (κ3) is 4.71. The molecule has 0 bridgehead atoms. The highest BCUT2D eigenvalue weighted by molar-refractivity contribution is 5.81. The van der Waals surface area contributed by atoms with Crippen molar-refractivity contribution in [3.05, 3.63) is 12.3 Å². The predicted octanol–water partition coefficient (Wildman–Crippen LogP) is 2.79. The van der Waals surface area contributed by atoms with Crippen LogP contribution in [0.5, 0.6) is 0 Å². The van der Waals surface area contributed by atoms with Crippen LogP contribution in [0.4, 0.5) is 0 Å². The molecule has 0 rings (SSSR count). The van der Waals surface area contributed by atoms with Crippen molar-refractivity contribution in [2.75, 3.05) is 6.61 Å². The lowest BCUT2D eigenvalue weighted by Crippen LogP contribution is -2.19. The molecule has 0 aromatic carbocycles. The summed E-state index contributed by atoms with van der Waals surface area (Å²) in [5.41, 5.74) is -0.0861. The van der Waals surface area contributed by atoms with Crippen molar-refractivity contribution in [1.29, 1.82) is 0 Å². The topological polar surface area (TPSA) is 26.3 Å². The van der Waals surface area contributed by atoms with Gasteiger partial charge in [0.05, 0.1) is 5.76 Å².